The summed E-state index contributed by atoms with van der Waals surface area (Å²) >= 11 is 1.54. The number of carbonyl (C=O) groups excluding carboxylic acids is 1. The Kier molecular flexibility index (Phi) is 3.64. The molecule has 0 spiro atoms. The molecule has 0 N–H and O–H groups in total. The Hall–Kier alpha value is -2.53. The zero-order valence-electron chi connectivity index (χ0n) is 14.4. The van der Waals surface area contributed by atoms with E-state index in [2.05, 4.69) is 24.3 Å². The van der Waals surface area contributed by atoms with Crippen LogP contribution in [0.3, 0.4) is 0 Å². The number of ether oxygens (including phenoxy) is 1. The largest absolute Gasteiger partial charge is 0.497 e. The molecule has 1 amide bonds. The van der Waals surface area contributed by atoms with Crippen LogP contribution in [0.5, 0.6) is 5.75 Å². The lowest BCUT2D eigenvalue weighted by molar-refractivity contribution is -0.125. The molecule has 1 atom stereocenters. The van der Waals surface area contributed by atoms with Crippen LogP contribution in [-0.4, -0.2) is 28.8 Å². The van der Waals surface area contributed by atoms with Crippen molar-refractivity contribution in [3.8, 4) is 5.75 Å². The van der Waals surface area contributed by atoms with E-state index in [0.29, 0.717) is 5.75 Å². The van der Waals surface area contributed by atoms with Crippen molar-refractivity contribution in [2.24, 2.45) is 4.99 Å². The zero-order chi connectivity index (χ0) is 17.7. The van der Waals surface area contributed by atoms with Crippen LogP contribution >= 0.6 is 11.8 Å². The highest BCUT2D eigenvalue weighted by atomic mass is 32.2. The standard InChI is InChI=1S/C21H18N2O2S/c1-25-15-8-10-16-14(11-15)7-9-17-19(16)22-21-23(18(24)12-26-21)20(17)13-5-3-2-4-6-13/h2-6,8,10-11,20H,7,9,12H2,1H3. The maximum absolute atomic E-state index is 12.6. The molecule has 2 heterocycles. The van der Waals surface area contributed by atoms with Crippen molar-refractivity contribution in [3.63, 3.8) is 0 Å². The Morgan fingerprint density at radius 2 is 2.00 bits per heavy atom. The van der Waals surface area contributed by atoms with Gasteiger partial charge in [-0.05, 0) is 47.7 Å². The predicted molar refractivity (Wildman–Crippen MR) is 104 cm³/mol. The van der Waals surface area contributed by atoms with Gasteiger partial charge in [-0.25, -0.2) is 4.99 Å². The zero-order valence-corrected chi connectivity index (χ0v) is 15.3. The van der Waals surface area contributed by atoms with Crippen LogP contribution < -0.4 is 4.74 Å². The molecule has 0 bridgehead atoms. The SMILES string of the molecule is COc1ccc2c(c1)CCC1=C2N=C2SCC(=O)N2C1c1ccccc1. The molecule has 4 nitrogen and oxygen atoms in total. The molecule has 2 aliphatic heterocycles. The minimum atomic E-state index is -0.0450. The number of aliphatic imine (C=N–C) groups is 1. The third-order valence-corrected chi connectivity index (χ3v) is 6.18. The molecule has 0 radical (unpaired) electrons. The summed E-state index contributed by atoms with van der Waals surface area (Å²) in [5.74, 6) is 1.50. The molecule has 5 heteroatoms. The van der Waals surface area contributed by atoms with E-state index >= 15 is 0 Å². The molecule has 2 aromatic rings. The minimum absolute atomic E-state index is 0.0450. The van der Waals surface area contributed by atoms with Gasteiger partial charge in [0.15, 0.2) is 5.17 Å². The van der Waals surface area contributed by atoms with E-state index in [1.54, 1.807) is 7.11 Å². The summed E-state index contributed by atoms with van der Waals surface area (Å²) in [6.45, 7) is 0. The molecule has 26 heavy (non-hydrogen) atoms. The average molecular weight is 362 g/mol. The highest BCUT2D eigenvalue weighted by Gasteiger charge is 2.42. The summed E-state index contributed by atoms with van der Waals surface area (Å²) in [4.78, 5) is 19.4. The van der Waals surface area contributed by atoms with Crippen molar-refractivity contribution in [2.45, 2.75) is 18.9 Å². The van der Waals surface area contributed by atoms with Crippen LogP contribution in [0.1, 0.15) is 29.2 Å². The Morgan fingerprint density at radius 1 is 1.15 bits per heavy atom. The normalized spacial score (nSPS) is 21.1. The van der Waals surface area contributed by atoms with E-state index in [0.717, 1.165) is 35.0 Å². The average Bonchev–Trinajstić information content (AvgIpc) is 3.07. The van der Waals surface area contributed by atoms with Crippen molar-refractivity contribution in [1.82, 2.24) is 4.90 Å². The molecule has 1 aliphatic carbocycles. The van der Waals surface area contributed by atoms with E-state index < -0.39 is 0 Å². The second kappa shape index (κ2) is 6.02. The van der Waals surface area contributed by atoms with Crippen molar-refractivity contribution < 1.29 is 9.53 Å². The molecule has 0 saturated carbocycles. The van der Waals surface area contributed by atoms with Crippen LogP contribution in [0.15, 0.2) is 59.1 Å². The van der Waals surface area contributed by atoms with E-state index in [-0.39, 0.29) is 11.9 Å². The number of fused-ring (bicyclic) bond motifs is 3. The van der Waals surface area contributed by atoms with Gasteiger partial charge in [-0.3, -0.25) is 9.69 Å². The second-order valence-corrected chi connectivity index (χ2v) is 7.60. The van der Waals surface area contributed by atoms with Gasteiger partial charge in [0.2, 0.25) is 5.91 Å². The summed E-state index contributed by atoms with van der Waals surface area (Å²) in [6, 6.07) is 16.5. The first-order valence-electron chi connectivity index (χ1n) is 8.75. The van der Waals surface area contributed by atoms with E-state index in [4.69, 9.17) is 9.73 Å². The number of amidine groups is 1. The van der Waals surface area contributed by atoms with Gasteiger partial charge in [-0.15, -0.1) is 0 Å². The third kappa shape index (κ3) is 2.31. The highest BCUT2D eigenvalue weighted by Crippen LogP contribution is 2.47. The number of rotatable bonds is 2. The second-order valence-electron chi connectivity index (χ2n) is 6.66. The predicted octanol–water partition coefficient (Wildman–Crippen LogP) is 4.04. The van der Waals surface area contributed by atoms with Crippen LogP contribution in [0, 0.1) is 0 Å². The van der Waals surface area contributed by atoms with Gasteiger partial charge in [-0.1, -0.05) is 42.1 Å². The van der Waals surface area contributed by atoms with E-state index in [1.807, 2.05) is 29.2 Å². The molecule has 3 aliphatic rings. The maximum Gasteiger partial charge on any atom is 0.239 e. The summed E-state index contributed by atoms with van der Waals surface area (Å²) in [5, 5.41) is 0.825. The van der Waals surface area contributed by atoms with Crippen LogP contribution in [0.2, 0.25) is 0 Å². The molecule has 1 fully saturated rings. The van der Waals surface area contributed by atoms with Gasteiger partial charge in [0.25, 0.3) is 0 Å². The van der Waals surface area contributed by atoms with Crippen molar-refractivity contribution in [3.05, 3.63) is 70.8 Å². The van der Waals surface area contributed by atoms with Crippen molar-refractivity contribution >= 4 is 28.5 Å². The number of carbonyl (C=O) groups is 1. The lowest BCUT2D eigenvalue weighted by Gasteiger charge is -2.37. The smallest absolute Gasteiger partial charge is 0.239 e. The van der Waals surface area contributed by atoms with Gasteiger partial charge in [0.05, 0.1) is 24.6 Å². The monoisotopic (exact) mass is 362 g/mol. The highest BCUT2D eigenvalue weighted by molar-refractivity contribution is 8.15. The van der Waals surface area contributed by atoms with Crippen molar-refractivity contribution in [2.75, 3.05) is 12.9 Å². The summed E-state index contributed by atoms with van der Waals surface area (Å²) < 4.78 is 5.38. The van der Waals surface area contributed by atoms with E-state index in [9.17, 15) is 4.79 Å². The van der Waals surface area contributed by atoms with Crippen LogP contribution in [0.25, 0.3) is 5.70 Å². The number of hydrogen-bond donors (Lipinski definition) is 0. The molecular formula is C21H18N2O2S. The quantitative estimate of drug-likeness (QED) is 0.810. The molecule has 5 rings (SSSR count). The fourth-order valence-corrected chi connectivity index (χ4v) is 4.94. The first-order chi connectivity index (χ1) is 12.8. The first kappa shape index (κ1) is 15.7. The number of aryl methyl sites for hydroxylation is 1. The number of methoxy groups -OCH3 is 1. The van der Waals surface area contributed by atoms with Gasteiger partial charge >= 0.3 is 0 Å². The van der Waals surface area contributed by atoms with Gasteiger partial charge < -0.3 is 4.74 Å². The van der Waals surface area contributed by atoms with E-state index in [1.165, 1.54) is 28.5 Å². The number of hydrogen-bond acceptors (Lipinski definition) is 4. The van der Waals surface area contributed by atoms with Gasteiger partial charge in [0.1, 0.15) is 5.75 Å². The lowest BCUT2D eigenvalue weighted by Crippen LogP contribution is -2.38. The lowest BCUT2D eigenvalue weighted by atomic mass is 9.82. The molecule has 130 valence electrons. The van der Waals surface area contributed by atoms with Crippen molar-refractivity contribution in [1.29, 1.82) is 0 Å². The fraction of sp³-hybridized carbons (Fsp3) is 0.238. The minimum Gasteiger partial charge on any atom is -0.497 e. The third-order valence-electron chi connectivity index (χ3n) is 5.25. The number of nitrogens with zero attached hydrogens (tertiary/aromatic N) is 2. The Morgan fingerprint density at radius 3 is 2.81 bits per heavy atom. The summed E-state index contributed by atoms with van der Waals surface area (Å²) in [7, 11) is 1.69. The van der Waals surface area contributed by atoms with Crippen LogP contribution in [0.4, 0.5) is 0 Å². The Balaban J connectivity index is 1.70. The van der Waals surface area contributed by atoms with Gasteiger partial charge in [-0.2, -0.15) is 0 Å². The number of thioether (sulfide) groups is 1. The molecule has 1 saturated heterocycles. The first-order valence-corrected chi connectivity index (χ1v) is 9.73. The molecule has 0 aromatic heterocycles. The molecular weight excluding hydrogens is 344 g/mol. The number of benzene rings is 2. The summed E-state index contributed by atoms with van der Waals surface area (Å²) in [6.07, 6.45) is 1.84. The Bertz CT molecular complexity index is 965. The number of amides is 1. The molecule has 1 unspecified atom stereocenters. The Labute approximate surface area is 156 Å². The topological polar surface area (TPSA) is 41.9 Å². The fourth-order valence-electron chi connectivity index (χ4n) is 4.04. The maximum atomic E-state index is 12.6. The summed E-state index contributed by atoms with van der Waals surface area (Å²) in [5.41, 5.74) is 5.87. The van der Waals surface area contributed by atoms with Gasteiger partial charge in [0, 0.05) is 5.56 Å². The molecule has 2 aromatic carbocycles. The van der Waals surface area contributed by atoms with Crippen LogP contribution in [-0.2, 0) is 11.2 Å².